The van der Waals surface area contributed by atoms with Crippen LogP contribution in [0, 0.1) is 0 Å². The zero-order valence-corrected chi connectivity index (χ0v) is 30.3. The molecule has 1 atom stereocenters. The molecule has 0 aliphatic rings. The molecule has 282 valence electrons. The number of carbonyl (C=O) groups is 2. The van der Waals surface area contributed by atoms with Crippen LogP contribution in [-0.4, -0.2) is 35.1 Å². The number of aromatic nitrogens is 2. The van der Waals surface area contributed by atoms with Crippen molar-refractivity contribution in [3.63, 3.8) is 0 Å². The molecule has 4 aromatic carbocycles. The van der Waals surface area contributed by atoms with Gasteiger partial charge >= 0.3 is 11.9 Å². The molecule has 0 saturated carbocycles. The second-order valence-electron chi connectivity index (χ2n) is 12.3. The van der Waals surface area contributed by atoms with Crippen molar-refractivity contribution in [2.45, 2.75) is 33.6 Å². The van der Waals surface area contributed by atoms with E-state index in [1.807, 2.05) is 91.0 Å². The first-order chi connectivity index (χ1) is 26.1. The Hall–Kier alpha value is -6.94. The van der Waals surface area contributed by atoms with Crippen molar-refractivity contribution in [1.82, 2.24) is 9.97 Å². The summed E-state index contributed by atoms with van der Waals surface area (Å²) in [5.74, 6) is 0.984. The van der Waals surface area contributed by atoms with Crippen LogP contribution in [0.4, 0.5) is 23.3 Å². The number of nitrogen functional groups attached to an aromatic ring is 4. The number of nitrogens with zero attached hydrogens (tertiary/aromatic N) is 2. The maximum atomic E-state index is 11.8. The summed E-state index contributed by atoms with van der Waals surface area (Å²) in [4.78, 5) is 31.8. The van der Waals surface area contributed by atoms with Gasteiger partial charge in [-0.2, -0.15) is 0 Å². The molecular weight excluding hydrogens is 689 g/mol. The van der Waals surface area contributed by atoms with Crippen LogP contribution in [0.2, 0.25) is 0 Å². The van der Waals surface area contributed by atoms with Gasteiger partial charge in [0.2, 0.25) is 0 Å². The summed E-state index contributed by atoms with van der Waals surface area (Å²) in [6.45, 7) is 4.29. The molecule has 6 rings (SSSR count). The van der Waals surface area contributed by atoms with Gasteiger partial charge < -0.3 is 32.4 Å². The van der Waals surface area contributed by atoms with E-state index >= 15 is 0 Å². The fraction of sp³-hybridized carbons (Fsp3) is 0.156. The van der Waals surface area contributed by atoms with Crippen molar-refractivity contribution >= 4 is 46.9 Å². The highest BCUT2D eigenvalue weighted by molar-refractivity contribution is 5.94. The van der Waals surface area contributed by atoms with Crippen LogP contribution in [0.5, 0.6) is 0 Å². The Morgan fingerprint density at radius 2 is 1.02 bits per heavy atom. The predicted molar refractivity (Wildman–Crippen MR) is 223 cm³/mol. The Labute approximate surface area is 322 Å². The molecule has 8 N–H and O–H groups in total. The smallest absolute Gasteiger partial charge is 0.338 e. The average Bonchev–Trinajstić information content (AvgIpc) is 3.17. The number of esters is 2. The van der Waals surface area contributed by atoms with Gasteiger partial charge in [-0.1, -0.05) is 92.4 Å². The molecule has 1 unspecified atom stereocenters. The molecular formula is C45H48N6O4. The van der Waals surface area contributed by atoms with E-state index in [9.17, 15) is 9.59 Å². The van der Waals surface area contributed by atoms with E-state index in [1.165, 1.54) is 0 Å². The number of benzene rings is 4. The lowest BCUT2D eigenvalue weighted by Gasteiger charge is -2.19. The second-order valence-corrected chi connectivity index (χ2v) is 12.3. The van der Waals surface area contributed by atoms with E-state index < -0.39 is 0 Å². The molecule has 2 aromatic heterocycles. The molecule has 10 nitrogen and oxygen atoms in total. The highest BCUT2D eigenvalue weighted by atomic mass is 16.5. The number of carbonyl (C=O) groups excluding carboxylic acids is 2. The zero-order valence-electron chi connectivity index (χ0n) is 30.3. The molecule has 0 radical (unpaired) electrons. The Bertz CT molecular complexity index is 2150. The van der Waals surface area contributed by atoms with Gasteiger partial charge in [0.05, 0.1) is 24.3 Å². The quantitative estimate of drug-likeness (QED) is 0.0744. The van der Waals surface area contributed by atoms with E-state index in [1.54, 1.807) is 50.2 Å². The molecule has 0 aliphatic carbocycles. The van der Waals surface area contributed by atoms with Gasteiger partial charge in [0.25, 0.3) is 0 Å². The predicted octanol–water partition coefficient (Wildman–Crippen LogP) is 8.45. The summed E-state index contributed by atoms with van der Waals surface area (Å²) in [5.41, 5.74) is 31.7. The van der Waals surface area contributed by atoms with Gasteiger partial charge in [0, 0.05) is 5.92 Å². The van der Waals surface area contributed by atoms with Gasteiger partial charge in [-0.15, -0.1) is 0 Å². The molecule has 0 bridgehead atoms. The Morgan fingerprint density at radius 1 is 0.564 bits per heavy atom. The molecule has 2 heterocycles. The van der Waals surface area contributed by atoms with E-state index in [-0.39, 0.29) is 25.3 Å². The summed E-state index contributed by atoms with van der Waals surface area (Å²) < 4.78 is 10.1. The van der Waals surface area contributed by atoms with Crippen molar-refractivity contribution in [2.75, 3.05) is 36.1 Å². The lowest BCUT2D eigenvalue weighted by atomic mass is 9.86. The molecule has 0 amide bonds. The minimum atomic E-state index is -0.328. The first-order valence-electron chi connectivity index (χ1n) is 17.5. The van der Waals surface area contributed by atoms with Gasteiger partial charge in [-0.25, -0.2) is 19.6 Å². The van der Waals surface area contributed by atoms with E-state index in [2.05, 4.69) is 22.1 Å². The fourth-order valence-corrected chi connectivity index (χ4v) is 5.92. The van der Waals surface area contributed by atoms with E-state index in [0.29, 0.717) is 47.6 Å². The lowest BCUT2D eigenvalue weighted by molar-refractivity contribution is 0.0516. The topological polar surface area (TPSA) is 182 Å². The number of rotatable bonds is 11. The average molecular weight is 737 g/mol. The standard InChI is InChI=1S/C22H23N3O2.C22H21N3O2.CH4/c2*1-2-27-22(26)17-10-8-15(9-11-17)12-19(16-6-4-3-5-7-16)18-13-20(23)25-21(24)14-18;/h3-11,13-14,19H,2,12H2,1H3,(H4,23,24,25);3-14H,2H2,1H3,(H4,23,24,25);1H4. The number of ether oxygens (including phenoxy) is 2. The van der Waals surface area contributed by atoms with E-state index in [4.69, 9.17) is 32.4 Å². The maximum Gasteiger partial charge on any atom is 0.338 e. The molecule has 6 aromatic rings. The minimum Gasteiger partial charge on any atom is -0.462 e. The summed E-state index contributed by atoms with van der Waals surface area (Å²) in [5, 5.41) is 0. The summed E-state index contributed by atoms with van der Waals surface area (Å²) in [7, 11) is 0. The lowest BCUT2D eigenvalue weighted by Crippen LogP contribution is -2.09. The third-order valence-corrected chi connectivity index (χ3v) is 8.39. The Balaban J connectivity index is 0.000000240. The van der Waals surface area contributed by atoms with Gasteiger partial charge in [0.15, 0.2) is 0 Å². The minimum absolute atomic E-state index is 0. The fourth-order valence-electron chi connectivity index (χ4n) is 5.92. The summed E-state index contributed by atoms with van der Waals surface area (Å²) in [6.07, 6.45) is 2.77. The second kappa shape index (κ2) is 19.8. The van der Waals surface area contributed by atoms with Crippen molar-refractivity contribution in [2.24, 2.45) is 0 Å². The molecule has 0 fully saturated rings. The van der Waals surface area contributed by atoms with Crippen LogP contribution in [0.25, 0.3) is 11.6 Å². The van der Waals surface area contributed by atoms with Gasteiger partial charge in [-0.05, 0) is 114 Å². The third-order valence-electron chi connectivity index (χ3n) is 8.39. The maximum absolute atomic E-state index is 11.8. The Morgan fingerprint density at radius 3 is 1.51 bits per heavy atom. The molecule has 0 saturated heterocycles. The molecule has 10 heteroatoms. The van der Waals surface area contributed by atoms with Crippen LogP contribution < -0.4 is 22.9 Å². The van der Waals surface area contributed by atoms with Crippen LogP contribution >= 0.6 is 0 Å². The van der Waals surface area contributed by atoms with E-state index in [0.717, 1.165) is 45.4 Å². The summed E-state index contributed by atoms with van der Waals surface area (Å²) >= 11 is 0. The summed E-state index contributed by atoms with van der Waals surface area (Å²) in [6, 6.07) is 42.2. The van der Waals surface area contributed by atoms with Crippen LogP contribution in [0.1, 0.15) is 81.3 Å². The molecule has 0 aliphatic heterocycles. The van der Waals surface area contributed by atoms with Crippen LogP contribution in [0.3, 0.4) is 0 Å². The number of hydrogen-bond acceptors (Lipinski definition) is 10. The van der Waals surface area contributed by atoms with Crippen molar-refractivity contribution in [1.29, 1.82) is 0 Å². The highest BCUT2D eigenvalue weighted by Gasteiger charge is 2.17. The number of nitrogens with two attached hydrogens (primary N) is 4. The SMILES string of the molecule is C.CCOC(=O)c1ccc(C=C(c2ccccc2)c2cc(N)nc(N)c2)cc1.CCOC(=O)c1ccc(CC(c2ccccc2)c2cc(N)nc(N)c2)cc1. The first-order valence-corrected chi connectivity index (χ1v) is 17.5. The van der Waals surface area contributed by atoms with Crippen molar-refractivity contribution in [3.05, 3.63) is 178 Å². The molecule has 0 spiro atoms. The zero-order chi connectivity index (χ0) is 38.5. The normalized spacial score (nSPS) is 11.3. The first kappa shape index (κ1) is 40.8. The van der Waals surface area contributed by atoms with Crippen molar-refractivity contribution in [3.8, 4) is 0 Å². The highest BCUT2D eigenvalue weighted by Crippen LogP contribution is 2.31. The number of hydrogen-bond donors (Lipinski definition) is 4. The number of anilines is 4. The number of pyridine rings is 2. The van der Waals surface area contributed by atoms with Crippen LogP contribution in [-0.2, 0) is 15.9 Å². The molecule has 55 heavy (non-hydrogen) atoms. The monoisotopic (exact) mass is 736 g/mol. The largest absolute Gasteiger partial charge is 0.462 e. The van der Waals surface area contributed by atoms with Crippen molar-refractivity contribution < 1.29 is 19.1 Å². The van der Waals surface area contributed by atoms with Gasteiger partial charge in [-0.3, -0.25) is 0 Å². The Kier molecular flexibility index (Phi) is 14.7. The van der Waals surface area contributed by atoms with Crippen LogP contribution in [0.15, 0.2) is 133 Å². The third kappa shape index (κ3) is 11.5. The van der Waals surface area contributed by atoms with Gasteiger partial charge in [0.1, 0.15) is 23.3 Å².